The molecule has 0 aliphatic carbocycles. The number of nitrogens with zero attached hydrogens (tertiary/aromatic N) is 1. The standard InChI is InChI=1S/C11H10FNOS/c12-11-2-1-10(7-13-11)14-5-3-9-4-6-15-8-9/h1-2,4,6-8H,3,5H2. The Hall–Kier alpha value is -1.42. The van der Waals surface area contributed by atoms with Gasteiger partial charge in [0.1, 0.15) is 5.75 Å². The Bertz CT molecular complexity index is 399. The van der Waals surface area contributed by atoms with Crippen LogP contribution in [0.25, 0.3) is 0 Å². The fraction of sp³-hybridized carbons (Fsp3) is 0.182. The zero-order valence-corrected chi connectivity index (χ0v) is 8.84. The van der Waals surface area contributed by atoms with Crippen molar-refractivity contribution in [2.75, 3.05) is 6.61 Å². The molecule has 0 atom stereocenters. The SMILES string of the molecule is Fc1ccc(OCCc2ccsc2)cn1. The summed E-state index contributed by atoms with van der Waals surface area (Å²) in [6.07, 6.45) is 2.25. The number of pyridine rings is 1. The van der Waals surface area contributed by atoms with Gasteiger partial charge >= 0.3 is 0 Å². The number of thiophene rings is 1. The molecule has 0 spiro atoms. The molecule has 0 unspecified atom stereocenters. The van der Waals surface area contributed by atoms with Crippen molar-refractivity contribution >= 4 is 11.3 Å². The largest absolute Gasteiger partial charge is 0.492 e. The summed E-state index contributed by atoms with van der Waals surface area (Å²) in [6, 6.07) is 4.94. The van der Waals surface area contributed by atoms with Crippen LogP contribution in [-0.2, 0) is 6.42 Å². The van der Waals surface area contributed by atoms with Crippen LogP contribution in [0.4, 0.5) is 4.39 Å². The van der Waals surface area contributed by atoms with E-state index in [2.05, 4.69) is 16.4 Å². The number of halogens is 1. The van der Waals surface area contributed by atoms with E-state index in [-0.39, 0.29) is 0 Å². The first-order chi connectivity index (χ1) is 7.34. The van der Waals surface area contributed by atoms with Crippen LogP contribution in [0.2, 0.25) is 0 Å². The van der Waals surface area contributed by atoms with Gasteiger partial charge in [-0.2, -0.15) is 15.7 Å². The smallest absolute Gasteiger partial charge is 0.213 e. The van der Waals surface area contributed by atoms with Gasteiger partial charge in [-0.1, -0.05) is 0 Å². The molecule has 15 heavy (non-hydrogen) atoms. The van der Waals surface area contributed by atoms with E-state index in [4.69, 9.17) is 4.74 Å². The Labute approximate surface area is 91.4 Å². The van der Waals surface area contributed by atoms with Crippen molar-refractivity contribution in [2.24, 2.45) is 0 Å². The van der Waals surface area contributed by atoms with Crippen LogP contribution >= 0.6 is 11.3 Å². The van der Waals surface area contributed by atoms with Crippen molar-refractivity contribution in [3.8, 4) is 5.75 Å². The van der Waals surface area contributed by atoms with Crippen molar-refractivity contribution in [1.82, 2.24) is 4.98 Å². The molecule has 0 saturated carbocycles. The van der Waals surface area contributed by atoms with Gasteiger partial charge in [0, 0.05) is 6.42 Å². The molecule has 2 aromatic heterocycles. The van der Waals surface area contributed by atoms with Crippen molar-refractivity contribution in [3.05, 3.63) is 46.7 Å². The van der Waals surface area contributed by atoms with Gasteiger partial charge in [-0.05, 0) is 34.5 Å². The van der Waals surface area contributed by atoms with Gasteiger partial charge < -0.3 is 4.74 Å². The molecule has 0 N–H and O–H groups in total. The van der Waals surface area contributed by atoms with Gasteiger partial charge in [-0.25, -0.2) is 4.98 Å². The number of aromatic nitrogens is 1. The van der Waals surface area contributed by atoms with Crippen LogP contribution in [-0.4, -0.2) is 11.6 Å². The second-order valence-corrected chi connectivity index (χ2v) is 3.83. The van der Waals surface area contributed by atoms with Gasteiger partial charge in [-0.15, -0.1) is 0 Å². The lowest BCUT2D eigenvalue weighted by Crippen LogP contribution is -2.00. The Morgan fingerprint density at radius 2 is 2.27 bits per heavy atom. The molecular formula is C11H10FNOS. The first-order valence-electron chi connectivity index (χ1n) is 4.60. The molecule has 0 amide bonds. The molecule has 0 aliphatic rings. The summed E-state index contributed by atoms with van der Waals surface area (Å²) < 4.78 is 17.9. The monoisotopic (exact) mass is 223 g/mol. The van der Waals surface area contributed by atoms with E-state index in [9.17, 15) is 4.39 Å². The van der Waals surface area contributed by atoms with E-state index in [0.29, 0.717) is 12.4 Å². The minimum Gasteiger partial charge on any atom is -0.492 e. The Morgan fingerprint density at radius 3 is 2.93 bits per heavy atom. The minimum absolute atomic E-state index is 0.486. The lowest BCUT2D eigenvalue weighted by Gasteiger charge is -2.03. The Kier molecular flexibility index (Phi) is 3.29. The number of ether oxygens (including phenoxy) is 1. The molecule has 2 nitrogen and oxygen atoms in total. The maximum absolute atomic E-state index is 12.5. The highest BCUT2D eigenvalue weighted by Gasteiger charge is 1.97. The van der Waals surface area contributed by atoms with Crippen molar-refractivity contribution in [1.29, 1.82) is 0 Å². The molecule has 78 valence electrons. The molecule has 0 fully saturated rings. The topological polar surface area (TPSA) is 22.1 Å². The highest BCUT2D eigenvalue weighted by molar-refractivity contribution is 7.07. The lowest BCUT2D eigenvalue weighted by molar-refractivity contribution is 0.319. The average Bonchev–Trinajstić information content (AvgIpc) is 2.74. The summed E-state index contributed by atoms with van der Waals surface area (Å²) >= 11 is 1.67. The van der Waals surface area contributed by atoms with Gasteiger partial charge in [0.2, 0.25) is 5.95 Å². The van der Waals surface area contributed by atoms with E-state index in [1.165, 1.54) is 17.8 Å². The summed E-state index contributed by atoms with van der Waals surface area (Å²) in [5.41, 5.74) is 1.26. The zero-order valence-electron chi connectivity index (χ0n) is 8.02. The molecule has 2 heterocycles. The van der Waals surface area contributed by atoms with Crippen molar-refractivity contribution in [3.63, 3.8) is 0 Å². The number of rotatable bonds is 4. The maximum atomic E-state index is 12.5. The first-order valence-corrected chi connectivity index (χ1v) is 5.54. The second kappa shape index (κ2) is 4.89. The highest BCUT2D eigenvalue weighted by atomic mass is 32.1. The molecule has 0 bridgehead atoms. The predicted molar refractivity (Wildman–Crippen MR) is 57.7 cm³/mol. The summed E-state index contributed by atoms with van der Waals surface area (Å²) in [7, 11) is 0. The van der Waals surface area contributed by atoms with E-state index < -0.39 is 5.95 Å². The van der Waals surface area contributed by atoms with Gasteiger partial charge in [0.05, 0.1) is 12.8 Å². The first kappa shape index (κ1) is 10.1. The van der Waals surface area contributed by atoms with Crippen LogP contribution in [0.5, 0.6) is 5.75 Å². The van der Waals surface area contributed by atoms with Crippen LogP contribution in [0.15, 0.2) is 35.2 Å². The molecule has 0 radical (unpaired) electrons. The third-order valence-corrected chi connectivity index (χ3v) is 2.67. The van der Waals surface area contributed by atoms with Gasteiger partial charge in [-0.3, -0.25) is 0 Å². The van der Waals surface area contributed by atoms with Crippen LogP contribution in [0.3, 0.4) is 0 Å². The van der Waals surface area contributed by atoms with Crippen LogP contribution < -0.4 is 4.74 Å². The third-order valence-electron chi connectivity index (χ3n) is 1.94. The summed E-state index contributed by atoms with van der Waals surface area (Å²) in [4.78, 5) is 3.51. The molecule has 0 aromatic carbocycles. The lowest BCUT2D eigenvalue weighted by atomic mass is 10.3. The van der Waals surface area contributed by atoms with Crippen LogP contribution in [0, 0.1) is 5.95 Å². The molecule has 4 heteroatoms. The summed E-state index contributed by atoms with van der Waals surface area (Å²) in [5.74, 6) is 0.117. The molecule has 0 saturated heterocycles. The van der Waals surface area contributed by atoms with E-state index in [0.717, 1.165) is 6.42 Å². The van der Waals surface area contributed by atoms with Gasteiger partial charge in [0.25, 0.3) is 0 Å². The summed E-state index contributed by atoms with van der Waals surface area (Å²) in [6.45, 7) is 0.587. The minimum atomic E-state index is -0.486. The third kappa shape index (κ3) is 3.02. The Morgan fingerprint density at radius 1 is 1.33 bits per heavy atom. The molecule has 0 aliphatic heterocycles. The van der Waals surface area contributed by atoms with E-state index in [1.807, 2.05) is 5.38 Å². The van der Waals surface area contributed by atoms with E-state index in [1.54, 1.807) is 17.4 Å². The van der Waals surface area contributed by atoms with Crippen LogP contribution in [0.1, 0.15) is 5.56 Å². The van der Waals surface area contributed by atoms with E-state index >= 15 is 0 Å². The Balaban J connectivity index is 1.81. The normalized spacial score (nSPS) is 10.2. The molecular weight excluding hydrogens is 213 g/mol. The van der Waals surface area contributed by atoms with Gasteiger partial charge in [0.15, 0.2) is 0 Å². The summed E-state index contributed by atoms with van der Waals surface area (Å²) in [5, 5.41) is 4.13. The average molecular weight is 223 g/mol. The number of hydrogen-bond acceptors (Lipinski definition) is 3. The fourth-order valence-electron chi connectivity index (χ4n) is 1.17. The number of hydrogen-bond donors (Lipinski definition) is 0. The van der Waals surface area contributed by atoms with Crippen molar-refractivity contribution in [2.45, 2.75) is 6.42 Å². The predicted octanol–water partition coefficient (Wildman–Crippen LogP) is 2.90. The fourth-order valence-corrected chi connectivity index (χ4v) is 1.87. The quantitative estimate of drug-likeness (QED) is 0.743. The molecule has 2 aromatic rings. The van der Waals surface area contributed by atoms with Crippen molar-refractivity contribution < 1.29 is 9.13 Å². The maximum Gasteiger partial charge on any atom is 0.213 e. The zero-order chi connectivity index (χ0) is 10.5. The molecule has 2 rings (SSSR count). The second-order valence-electron chi connectivity index (χ2n) is 3.05. The highest BCUT2D eigenvalue weighted by Crippen LogP contribution is 2.10.